The summed E-state index contributed by atoms with van der Waals surface area (Å²) in [7, 11) is 2.54. The maximum absolute atomic E-state index is 5.62. The zero-order valence-electron chi connectivity index (χ0n) is 7.26. The van der Waals surface area contributed by atoms with Crippen molar-refractivity contribution in [2.75, 3.05) is 14.1 Å². The fourth-order valence-electron chi connectivity index (χ4n) is 0.353. The molecule has 0 saturated carbocycles. The van der Waals surface area contributed by atoms with E-state index in [4.69, 9.17) is 4.43 Å². The van der Waals surface area contributed by atoms with Gasteiger partial charge in [-0.15, -0.1) is 0 Å². The summed E-state index contributed by atoms with van der Waals surface area (Å²) in [5, 5.41) is 0. The van der Waals surface area contributed by atoms with Crippen molar-refractivity contribution in [1.82, 2.24) is 4.90 Å². The molecular weight excluding hydrogens is 209 g/mol. The van der Waals surface area contributed by atoms with Crippen molar-refractivity contribution < 1.29 is 4.43 Å². The van der Waals surface area contributed by atoms with Crippen molar-refractivity contribution in [2.24, 2.45) is 0 Å². The standard InChI is InChI=1S/C6H15NOSeSi/c1-7(2)6(9)8-10(3,4)5/h1-5H3. The second kappa shape index (κ2) is 3.55. The number of nitrogens with zero attached hydrogens (tertiary/aromatic N) is 1. The van der Waals surface area contributed by atoms with Crippen LogP contribution in [-0.2, 0) is 4.43 Å². The quantitative estimate of drug-likeness (QED) is 0.653. The van der Waals surface area contributed by atoms with E-state index >= 15 is 0 Å². The van der Waals surface area contributed by atoms with Gasteiger partial charge in [0, 0.05) is 0 Å². The summed E-state index contributed by atoms with van der Waals surface area (Å²) in [5.41, 5.74) is 0. The summed E-state index contributed by atoms with van der Waals surface area (Å²) in [4.78, 5) is 1.94. The Kier molecular flexibility index (Phi) is 3.63. The van der Waals surface area contributed by atoms with Gasteiger partial charge in [-0.05, 0) is 0 Å². The molecule has 0 spiro atoms. The first-order valence-electron chi connectivity index (χ1n) is 3.23. The first kappa shape index (κ1) is 10.2. The van der Waals surface area contributed by atoms with Crippen LogP contribution < -0.4 is 0 Å². The molecule has 0 heterocycles. The molecule has 0 unspecified atom stereocenters. The molecule has 0 aliphatic carbocycles. The minimum atomic E-state index is -1.39. The van der Waals surface area contributed by atoms with E-state index < -0.39 is 8.32 Å². The summed E-state index contributed by atoms with van der Waals surface area (Å²) in [5.74, 6) is 0. The van der Waals surface area contributed by atoms with Crippen LogP contribution in [0.3, 0.4) is 0 Å². The van der Waals surface area contributed by atoms with Crippen molar-refractivity contribution in [3.8, 4) is 0 Å². The third-order valence-corrected chi connectivity index (χ3v) is 2.84. The van der Waals surface area contributed by atoms with Gasteiger partial charge in [-0.1, -0.05) is 0 Å². The van der Waals surface area contributed by atoms with Crippen LogP contribution in [0, 0.1) is 0 Å². The fraction of sp³-hybridized carbons (Fsp3) is 0.833. The summed E-state index contributed by atoms with van der Waals surface area (Å²) in [6.07, 6.45) is 0. The molecule has 0 aromatic carbocycles. The van der Waals surface area contributed by atoms with Gasteiger partial charge in [0.1, 0.15) is 0 Å². The van der Waals surface area contributed by atoms with E-state index in [2.05, 4.69) is 35.2 Å². The first-order valence-corrected chi connectivity index (χ1v) is 7.50. The van der Waals surface area contributed by atoms with E-state index in [0.717, 1.165) is 4.73 Å². The third-order valence-electron chi connectivity index (χ3n) is 0.759. The molecule has 0 amide bonds. The van der Waals surface area contributed by atoms with Crippen LogP contribution in [0.15, 0.2) is 0 Å². The van der Waals surface area contributed by atoms with Crippen molar-refractivity contribution in [3.63, 3.8) is 0 Å². The second-order valence-electron chi connectivity index (χ2n) is 3.37. The van der Waals surface area contributed by atoms with Crippen molar-refractivity contribution in [2.45, 2.75) is 19.6 Å². The summed E-state index contributed by atoms with van der Waals surface area (Å²) in [6.45, 7) is 6.48. The Bertz CT molecular complexity index is 130. The molecule has 10 heavy (non-hydrogen) atoms. The van der Waals surface area contributed by atoms with Crippen molar-refractivity contribution >= 4 is 28.6 Å². The van der Waals surface area contributed by atoms with E-state index in [0.29, 0.717) is 0 Å². The van der Waals surface area contributed by atoms with Crippen LogP contribution in [0.1, 0.15) is 0 Å². The van der Waals surface area contributed by atoms with Crippen LogP contribution in [0.4, 0.5) is 0 Å². The number of hydrogen-bond donors (Lipinski definition) is 0. The average Bonchev–Trinajstić information content (AvgIpc) is 1.60. The Morgan fingerprint density at radius 2 is 1.70 bits per heavy atom. The van der Waals surface area contributed by atoms with Crippen molar-refractivity contribution in [1.29, 1.82) is 0 Å². The van der Waals surface area contributed by atoms with Gasteiger partial charge in [-0.3, -0.25) is 0 Å². The fourth-order valence-corrected chi connectivity index (χ4v) is 2.63. The number of rotatable bonds is 3. The monoisotopic (exact) mass is 225 g/mol. The maximum atomic E-state index is 5.62. The van der Waals surface area contributed by atoms with E-state index in [1.807, 2.05) is 19.0 Å². The molecule has 2 nitrogen and oxygen atoms in total. The van der Waals surface area contributed by atoms with Gasteiger partial charge in [-0.2, -0.15) is 0 Å². The first-order chi connectivity index (χ1) is 4.33. The van der Waals surface area contributed by atoms with Gasteiger partial charge in [0.2, 0.25) is 0 Å². The molecule has 0 atom stereocenters. The van der Waals surface area contributed by atoms with E-state index in [-0.39, 0.29) is 0 Å². The average molecular weight is 224 g/mol. The van der Waals surface area contributed by atoms with Gasteiger partial charge >= 0.3 is 71.7 Å². The SMILES string of the molecule is CN(C)C(=[Se])O[Si](C)(C)C. The zero-order valence-corrected chi connectivity index (χ0v) is 9.98. The van der Waals surface area contributed by atoms with Gasteiger partial charge < -0.3 is 0 Å². The Morgan fingerprint density at radius 3 is 1.80 bits per heavy atom. The number of hydrogen-bond acceptors (Lipinski definition) is 2. The van der Waals surface area contributed by atoms with E-state index in [1.165, 1.54) is 0 Å². The molecule has 4 heteroatoms. The van der Waals surface area contributed by atoms with Gasteiger partial charge in [0.05, 0.1) is 0 Å². The molecular formula is C6H15NOSeSi. The molecule has 0 saturated heterocycles. The van der Waals surface area contributed by atoms with Gasteiger partial charge in [0.25, 0.3) is 0 Å². The topological polar surface area (TPSA) is 12.5 Å². The second-order valence-corrected chi connectivity index (χ2v) is 8.54. The van der Waals surface area contributed by atoms with Crippen molar-refractivity contribution in [3.05, 3.63) is 0 Å². The van der Waals surface area contributed by atoms with E-state index in [9.17, 15) is 0 Å². The van der Waals surface area contributed by atoms with Gasteiger partial charge in [0.15, 0.2) is 0 Å². The summed E-state index contributed by atoms with van der Waals surface area (Å²) in [6, 6.07) is 0. The predicted octanol–water partition coefficient (Wildman–Crippen LogP) is 0.655. The molecule has 0 aliphatic rings. The van der Waals surface area contributed by atoms with Crippen LogP contribution >= 0.6 is 0 Å². The summed E-state index contributed by atoms with van der Waals surface area (Å²) >= 11 is 2.89. The van der Waals surface area contributed by atoms with E-state index in [1.54, 1.807) is 0 Å². The van der Waals surface area contributed by atoms with Crippen LogP contribution in [0.25, 0.3) is 0 Å². The molecule has 0 fully saturated rings. The Morgan fingerprint density at radius 1 is 1.30 bits per heavy atom. The molecule has 0 aromatic rings. The molecule has 0 radical (unpaired) electrons. The van der Waals surface area contributed by atoms with Gasteiger partial charge in [-0.25, -0.2) is 0 Å². The molecule has 0 rings (SSSR count). The molecule has 0 aromatic heterocycles. The molecule has 0 aliphatic heterocycles. The minimum absolute atomic E-state index is 0.888. The molecule has 60 valence electrons. The molecule has 0 N–H and O–H groups in total. The Hall–Kier alpha value is 0.206. The van der Waals surface area contributed by atoms with Crippen LogP contribution in [0.5, 0.6) is 0 Å². The third kappa shape index (κ3) is 5.03. The van der Waals surface area contributed by atoms with Crippen LogP contribution in [0.2, 0.25) is 19.6 Å². The predicted molar refractivity (Wildman–Crippen MR) is 48.9 cm³/mol. The van der Waals surface area contributed by atoms with Crippen LogP contribution in [-0.4, -0.2) is 47.6 Å². The summed E-state index contributed by atoms with van der Waals surface area (Å²) < 4.78 is 6.51. The Balaban J connectivity index is 3.81. The zero-order chi connectivity index (χ0) is 8.36. The Labute approximate surface area is 72.0 Å². The molecule has 0 bridgehead atoms. The normalized spacial score (nSPS) is 10.9.